The molecule has 0 atom stereocenters. The van der Waals surface area contributed by atoms with Crippen molar-refractivity contribution in [2.45, 2.75) is 38.1 Å². The number of carbonyl (C=O) groups is 2. The fourth-order valence-electron chi connectivity index (χ4n) is 3.00. The fraction of sp³-hybridized carbons (Fsp3) is 0.412. The number of aromatic nitrogens is 3. The summed E-state index contributed by atoms with van der Waals surface area (Å²) in [5, 5.41) is 20.1. The van der Waals surface area contributed by atoms with E-state index in [0.717, 1.165) is 18.5 Å². The minimum Gasteiger partial charge on any atom is -0.480 e. The number of nitrogens with one attached hydrogen (secondary N) is 1. The Hall–Kier alpha value is -2.70. The Morgan fingerprint density at radius 3 is 2.54 bits per heavy atom. The van der Waals surface area contributed by atoms with Gasteiger partial charge < -0.3 is 10.4 Å². The third-order valence-corrected chi connectivity index (χ3v) is 4.64. The van der Waals surface area contributed by atoms with Crippen LogP contribution in [0.4, 0.5) is 0 Å². The van der Waals surface area contributed by atoms with Gasteiger partial charge in [0.25, 0.3) is 5.91 Å². The van der Waals surface area contributed by atoms with Crippen LogP contribution >= 0.6 is 0 Å². The Labute approximate surface area is 139 Å². The van der Waals surface area contributed by atoms with Gasteiger partial charge in [-0.1, -0.05) is 30.3 Å². The Morgan fingerprint density at radius 1 is 1.25 bits per heavy atom. The molecule has 0 aliphatic heterocycles. The van der Waals surface area contributed by atoms with Crippen LogP contribution in [-0.4, -0.2) is 37.5 Å². The van der Waals surface area contributed by atoms with Crippen LogP contribution in [-0.2, 0) is 4.79 Å². The zero-order valence-electron chi connectivity index (χ0n) is 13.5. The molecule has 2 N–H and O–H groups in total. The third-order valence-electron chi connectivity index (χ3n) is 4.64. The molecule has 1 saturated carbocycles. The van der Waals surface area contributed by atoms with Gasteiger partial charge in [0.15, 0.2) is 5.69 Å². The van der Waals surface area contributed by atoms with Crippen LogP contribution < -0.4 is 5.32 Å². The number of hydrogen-bond acceptors (Lipinski definition) is 4. The van der Waals surface area contributed by atoms with Gasteiger partial charge in [-0.15, -0.1) is 5.10 Å². The zero-order valence-corrected chi connectivity index (χ0v) is 13.5. The molecule has 24 heavy (non-hydrogen) atoms. The monoisotopic (exact) mass is 328 g/mol. The molecule has 7 nitrogen and oxygen atoms in total. The summed E-state index contributed by atoms with van der Waals surface area (Å²) < 4.78 is 1.49. The molecule has 1 aromatic heterocycles. The molecule has 1 aromatic carbocycles. The van der Waals surface area contributed by atoms with Crippen LogP contribution in [0.3, 0.4) is 0 Å². The molecule has 0 saturated heterocycles. The van der Waals surface area contributed by atoms with Gasteiger partial charge in [-0.3, -0.25) is 4.79 Å². The van der Waals surface area contributed by atoms with Crippen molar-refractivity contribution in [2.75, 3.05) is 0 Å². The second-order valence-corrected chi connectivity index (χ2v) is 6.41. The predicted molar refractivity (Wildman–Crippen MR) is 86.8 cm³/mol. The number of amides is 1. The summed E-state index contributed by atoms with van der Waals surface area (Å²) in [7, 11) is 0. The second kappa shape index (κ2) is 6.43. The van der Waals surface area contributed by atoms with E-state index in [4.69, 9.17) is 0 Å². The van der Waals surface area contributed by atoms with E-state index in [1.165, 1.54) is 10.9 Å². The SMILES string of the molecule is CC1CCC(NC(=O)c2cn(-c3ccccc3)nn2)(C(=O)O)CC1. The van der Waals surface area contributed by atoms with E-state index >= 15 is 0 Å². The summed E-state index contributed by atoms with van der Waals surface area (Å²) in [5.41, 5.74) is -0.318. The average Bonchev–Trinajstić information content (AvgIpc) is 3.08. The lowest BCUT2D eigenvalue weighted by atomic mass is 9.77. The molecule has 0 radical (unpaired) electrons. The van der Waals surface area contributed by atoms with Crippen molar-refractivity contribution in [1.82, 2.24) is 20.3 Å². The van der Waals surface area contributed by atoms with Crippen LogP contribution in [0.2, 0.25) is 0 Å². The molecule has 0 bridgehead atoms. The third kappa shape index (κ3) is 3.15. The Bertz CT molecular complexity index is 733. The maximum atomic E-state index is 12.5. The summed E-state index contributed by atoms with van der Waals surface area (Å²) in [6.45, 7) is 2.10. The Morgan fingerprint density at radius 2 is 1.92 bits per heavy atom. The number of carboxylic acids is 1. The first-order chi connectivity index (χ1) is 11.5. The largest absolute Gasteiger partial charge is 0.480 e. The first-order valence-corrected chi connectivity index (χ1v) is 8.04. The van der Waals surface area contributed by atoms with Crippen LogP contribution in [0.1, 0.15) is 43.1 Å². The molecule has 126 valence electrons. The van der Waals surface area contributed by atoms with E-state index in [9.17, 15) is 14.7 Å². The van der Waals surface area contributed by atoms with Crippen molar-refractivity contribution < 1.29 is 14.7 Å². The van der Waals surface area contributed by atoms with Crippen molar-refractivity contribution in [1.29, 1.82) is 0 Å². The molecule has 2 aromatic rings. The van der Waals surface area contributed by atoms with Gasteiger partial charge in [0.1, 0.15) is 5.54 Å². The number of nitrogens with zero attached hydrogens (tertiary/aromatic N) is 3. The number of para-hydroxylation sites is 1. The predicted octanol–water partition coefficient (Wildman–Crippen LogP) is 2.03. The van der Waals surface area contributed by atoms with Crippen molar-refractivity contribution >= 4 is 11.9 Å². The van der Waals surface area contributed by atoms with Crippen molar-refractivity contribution in [3.63, 3.8) is 0 Å². The molecule has 1 amide bonds. The second-order valence-electron chi connectivity index (χ2n) is 6.41. The van der Waals surface area contributed by atoms with Crippen LogP contribution in [0, 0.1) is 5.92 Å². The van der Waals surface area contributed by atoms with Gasteiger partial charge in [-0.25, -0.2) is 9.48 Å². The lowest BCUT2D eigenvalue weighted by molar-refractivity contribution is -0.146. The number of rotatable bonds is 4. The summed E-state index contributed by atoms with van der Waals surface area (Å²) >= 11 is 0. The maximum absolute atomic E-state index is 12.5. The lowest BCUT2D eigenvalue weighted by Crippen LogP contribution is -2.56. The standard InChI is InChI=1S/C17H20N4O3/c1-12-7-9-17(10-8-12,16(23)24)18-15(22)14-11-21(20-19-14)13-5-3-2-4-6-13/h2-6,11-12H,7-10H2,1H3,(H,18,22)(H,23,24). The minimum absolute atomic E-state index is 0.109. The van der Waals surface area contributed by atoms with E-state index in [0.29, 0.717) is 18.8 Å². The van der Waals surface area contributed by atoms with Gasteiger partial charge >= 0.3 is 5.97 Å². The molecule has 1 aliphatic rings. The highest BCUT2D eigenvalue weighted by atomic mass is 16.4. The Kier molecular flexibility index (Phi) is 4.33. The van der Waals surface area contributed by atoms with Crippen LogP contribution in [0.15, 0.2) is 36.5 Å². The summed E-state index contributed by atoms with van der Waals surface area (Å²) in [5.74, 6) is -1.01. The van der Waals surface area contributed by atoms with Gasteiger partial charge in [0.05, 0.1) is 11.9 Å². The van der Waals surface area contributed by atoms with E-state index in [2.05, 4.69) is 22.6 Å². The summed E-state index contributed by atoms with van der Waals surface area (Å²) in [6.07, 6.45) is 3.93. The van der Waals surface area contributed by atoms with E-state index in [1.807, 2.05) is 30.3 Å². The van der Waals surface area contributed by atoms with Gasteiger partial charge in [-0.05, 0) is 43.7 Å². The first-order valence-electron chi connectivity index (χ1n) is 8.04. The summed E-state index contributed by atoms with van der Waals surface area (Å²) in [4.78, 5) is 24.2. The van der Waals surface area contributed by atoms with Gasteiger partial charge in [0, 0.05) is 0 Å². The Balaban J connectivity index is 1.77. The van der Waals surface area contributed by atoms with Gasteiger partial charge in [-0.2, -0.15) is 0 Å². The maximum Gasteiger partial charge on any atom is 0.329 e. The number of aliphatic carboxylic acids is 1. The average molecular weight is 328 g/mol. The van der Waals surface area contributed by atoms with E-state index in [-0.39, 0.29) is 5.69 Å². The van der Waals surface area contributed by atoms with Gasteiger partial charge in [0.2, 0.25) is 0 Å². The van der Waals surface area contributed by atoms with Crippen LogP contribution in [0.5, 0.6) is 0 Å². The highest BCUT2D eigenvalue weighted by molar-refractivity contribution is 5.96. The molecule has 3 rings (SSSR count). The lowest BCUT2D eigenvalue weighted by Gasteiger charge is -2.36. The molecular weight excluding hydrogens is 308 g/mol. The molecule has 7 heteroatoms. The highest BCUT2D eigenvalue weighted by Crippen LogP contribution is 2.32. The molecule has 1 heterocycles. The van der Waals surface area contributed by atoms with E-state index < -0.39 is 17.4 Å². The molecule has 1 fully saturated rings. The molecule has 1 aliphatic carbocycles. The zero-order chi connectivity index (χ0) is 17.2. The highest BCUT2D eigenvalue weighted by Gasteiger charge is 2.43. The topological polar surface area (TPSA) is 97.1 Å². The number of carboxylic acid groups (broad SMARTS) is 1. The number of hydrogen-bond donors (Lipinski definition) is 2. The smallest absolute Gasteiger partial charge is 0.329 e. The molecule has 0 unspecified atom stereocenters. The van der Waals surface area contributed by atoms with Crippen molar-refractivity contribution in [3.8, 4) is 5.69 Å². The molecular formula is C17H20N4O3. The first kappa shape index (κ1) is 16.2. The fourth-order valence-corrected chi connectivity index (χ4v) is 3.00. The van der Waals surface area contributed by atoms with Crippen molar-refractivity contribution in [3.05, 3.63) is 42.2 Å². The normalized spacial score (nSPS) is 23.6. The van der Waals surface area contributed by atoms with Crippen LogP contribution in [0.25, 0.3) is 5.69 Å². The number of benzene rings is 1. The minimum atomic E-state index is -1.21. The number of carbonyl (C=O) groups excluding carboxylic acids is 1. The molecule has 0 spiro atoms. The quantitative estimate of drug-likeness (QED) is 0.895. The van der Waals surface area contributed by atoms with E-state index in [1.54, 1.807) is 0 Å². The summed E-state index contributed by atoms with van der Waals surface area (Å²) in [6, 6.07) is 9.29. The van der Waals surface area contributed by atoms with Crippen molar-refractivity contribution in [2.24, 2.45) is 5.92 Å².